The van der Waals surface area contributed by atoms with Crippen LogP contribution in [0.4, 0.5) is 5.69 Å². The zero-order valence-electron chi connectivity index (χ0n) is 8.04. The van der Waals surface area contributed by atoms with E-state index in [1.807, 2.05) is 11.6 Å². The van der Waals surface area contributed by atoms with E-state index in [9.17, 15) is 4.79 Å². The van der Waals surface area contributed by atoms with Crippen LogP contribution >= 0.6 is 11.3 Å². The van der Waals surface area contributed by atoms with Crippen molar-refractivity contribution in [3.8, 4) is 0 Å². The molecule has 0 aromatic carbocycles. The molecule has 0 radical (unpaired) electrons. The molecular formula is C9H7N5OS. The number of fused-ring (bicyclic) bond motifs is 1. The van der Waals surface area contributed by atoms with E-state index in [1.54, 1.807) is 23.0 Å². The van der Waals surface area contributed by atoms with E-state index in [-0.39, 0.29) is 5.91 Å². The Bertz CT molecular complexity index is 623. The molecule has 0 saturated heterocycles. The topological polar surface area (TPSA) is 75.1 Å². The first-order chi connectivity index (χ1) is 7.84. The molecule has 16 heavy (non-hydrogen) atoms. The van der Waals surface area contributed by atoms with Gasteiger partial charge in [-0.2, -0.15) is 5.10 Å². The van der Waals surface area contributed by atoms with Gasteiger partial charge in [-0.15, -0.1) is 11.3 Å². The molecule has 3 heterocycles. The quantitative estimate of drug-likeness (QED) is 0.702. The van der Waals surface area contributed by atoms with Gasteiger partial charge in [0.15, 0.2) is 4.96 Å². The number of nitrogens with one attached hydrogen (secondary N) is 2. The summed E-state index contributed by atoms with van der Waals surface area (Å²) < 4.78 is 1.75. The minimum atomic E-state index is -0.202. The number of rotatable bonds is 2. The second kappa shape index (κ2) is 3.46. The van der Waals surface area contributed by atoms with E-state index in [1.165, 1.54) is 11.3 Å². The number of imidazole rings is 1. The maximum atomic E-state index is 11.9. The van der Waals surface area contributed by atoms with Crippen LogP contribution in [-0.4, -0.2) is 25.5 Å². The first-order valence-corrected chi connectivity index (χ1v) is 5.43. The van der Waals surface area contributed by atoms with Gasteiger partial charge in [-0.3, -0.25) is 14.3 Å². The molecule has 3 rings (SSSR count). The van der Waals surface area contributed by atoms with Crippen molar-refractivity contribution in [2.24, 2.45) is 0 Å². The van der Waals surface area contributed by atoms with Crippen molar-refractivity contribution in [3.63, 3.8) is 0 Å². The molecule has 0 spiro atoms. The van der Waals surface area contributed by atoms with E-state index < -0.39 is 0 Å². The van der Waals surface area contributed by atoms with E-state index in [0.29, 0.717) is 11.4 Å². The summed E-state index contributed by atoms with van der Waals surface area (Å²) in [6, 6.07) is 0. The van der Waals surface area contributed by atoms with Gasteiger partial charge in [0.2, 0.25) is 0 Å². The molecule has 0 saturated carbocycles. The molecule has 3 aromatic rings. The minimum absolute atomic E-state index is 0.202. The monoisotopic (exact) mass is 233 g/mol. The molecule has 0 fully saturated rings. The summed E-state index contributed by atoms with van der Waals surface area (Å²) in [6.45, 7) is 0. The number of aromatic nitrogens is 4. The highest BCUT2D eigenvalue weighted by Gasteiger charge is 2.12. The number of hydrogen-bond acceptors (Lipinski definition) is 4. The summed E-state index contributed by atoms with van der Waals surface area (Å²) >= 11 is 1.49. The molecule has 7 heteroatoms. The fraction of sp³-hybridized carbons (Fsp3) is 0. The number of nitrogens with zero attached hydrogens (tertiary/aromatic N) is 3. The van der Waals surface area contributed by atoms with Crippen molar-refractivity contribution in [1.82, 2.24) is 19.6 Å². The van der Waals surface area contributed by atoms with E-state index in [0.717, 1.165) is 4.96 Å². The molecular weight excluding hydrogens is 226 g/mol. The van der Waals surface area contributed by atoms with Crippen LogP contribution in [0, 0.1) is 0 Å². The van der Waals surface area contributed by atoms with Gasteiger partial charge < -0.3 is 5.32 Å². The molecule has 0 aliphatic carbocycles. The number of hydrogen-bond donors (Lipinski definition) is 2. The highest BCUT2D eigenvalue weighted by Crippen LogP contribution is 2.13. The lowest BCUT2D eigenvalue weighted by Crippen LogP contribution is -2.13. The lowest BCUT2D eigenvalue weighted by Gasteiger charge is -1.99. The van der Waals surface area contributed by atoms with Gasteiger partial charge in [0, 0.05) is 17.8 Å². The number of anilines is 1. The molecule has 0 unspecified atom stereocenters. The fourth-order valence-corrected chi connectivity index (χ4v) is 2.10. The molecule has 80 valence electrons. The Morgan fingerprint density at radius 2 is 2.44 bits per heavy atom. The number of amides is 1. The molecule has 0 bridgehead atoms. The van der Waals surface area contributed by atoms with Gasteiger partial charge in [-0.1, -0.05) is 0 Å². The van der Waals surface area contributed by atoms with E-state index >= 15 is 0 Å². The van der Waals surface area contributed by atoms with Crippen LogP contribution in [0.15, 0.2) is 30.2 Å². The summed E-state index contributed by atoms with van der Waals surface area (Å²) in [5, 5.41) is 11.0. The van der Waals surface area contributed by atoms with Crippen LogP contribution in [0.5, 0.6) is 0 Å². The average Bonchev–Trinajstić information content (AvgIpc) is 2.92. The lowest BCUT2D eigenvalue weighted by molar-refractivity contribution is 0.102. The van der Waals surface area contributed by atoms with Gasteiger partial charge in [0.05, 0.1) is 18.1 Å². The number of H-pyrrole nitrogens is 1. The van der Waals surface area contributed by atoms with Crippen LogP contribution in [-0.2, 0) is 0 Å². The van der Waals surface area contributed by atoms with E-state index in [4.69, 9.17) is 0 Å². The van der Waals surface area contributed by atoms with Gasteiger partial charge in [0.25, 0.3) is 5.91 Å². The van der Waals surface area contributed by atoms with E-state index in [2.05, 4.69) is 20.5 Å². The SMILES string of the molecule is O=C(Nc1cn[nH]c1)c1cnc2sccn12. The van der Waals surface area contributed by atoms with Crippen molar-refractivity contribution in [2.75, 3.05) is 5.32 Å². The first-order valence-electron chi connectivity index (χ1n) is 4.55. The van der Waals surface area contributed by atoms with Crippen LogP contribution in [0.25, 0.3) is 4.96 Å². The molecule has 6 nitrogen and oxygen atoms in total. The van der Waals surface area contributed by atoms with Crippen LogP contribution in [0.1, 0.15) is 10.5 Å². The predicted octanol–water partition coefficient (Wildman–Crippen LogP) is 1.37. The Labute approximate surface area is 93.9 Å². The Balaban J connectivity index is 1.93. The molecule has 0 atom stereocenters. The van der Waals surface area contributed by atoms with Crippen molar-refractivity contribution in [1.29, 1.82) is 0 Å². The first kappa shape index (κ1) is 9.10. The van der Waals surface area contributed by atoms with Crippen LogP contribution in [0.3, 0.4) is 0 Å². The zero-order valence-corrected chi connectivity index (χ0v) is 8.86. The summed E-state index contributed by atoms with van der Waals surface area (Å²) in [5.74, 6) is -0.202. The van der Waals surface area contributed by atoms with Crippen molar-refractivity contribution in [3.05, 3.63) is 35.9 Å². The second-order valence-electron chi connectivity index (χ2n) is 3.14. The summed E-state index contributed by atoms with van der Waals surface area (Å²) in [4.78, 5) is 16.8. The third kappa shape index (κ3) is 1.38. The summed E-state index contributed by atoms with van der Waals surface area (Å²) in [5.41, 5.74) is 1.15. The standard InChI is InChI=1S/C9H7N5OS/c15-8(13-6-3-11-12-4-6)7-5-10-9-14(7)1-2-16-9/h1-5H,(H,11,12)(H,13,15). The average molecular weight is 233 g/mol. The molecule has 3 aromatic heterocycles. The Hall–Kier alpha value is -2.15. The maximum absolute atomic E-state index is 11.9. The largest absolute Gasteiger partial charge is 0.318 e. The van der Waals surface area contributed by atoms with Gasteiger partial charge in [-0.25, -0.2) is 4.98 Å². The minimum Gasteiger partial charge on any atom is -0.318 e. The third-order valence-corrected chi connectivity index (χ3v) is 2.91. The van der Waals surface area contributed by atoms with Gasteiger partial charge >= 0.3 is 0 Å². The lowest BCUT2D eigenvalue weighted by atomic mass is 10.4. The molecule has 1 amide bonds. The summed E-state index contributed by atoms with van der Waals surface area (Å²) in [7, 11) is 0. The van der Waals surface area contributed by atoms with Crippen LogP contribution in [0.2, 0.25) is 0 Å². The number of carbonyl (C=O) groups excluding carboxylic acids is 1. The molecule has 0 aliphatic heterocycles. The normalized spacial score (nSPS) is 10.8. The predicted molar refractivity (Wildman–Crippen MR) is 59.6 cm³/mol. The number of carbonyl (C=O) groups is 1. The summed E-state index contributed by atoms with van der Waals surface area (Å²) in [6.07, 6.45) is 6.53. The Kier molecular flexibility index (Phi) is 1.97. The number of thiazole rings is 1. The van der Waals surface area contributed by atoms with Gasteiger partial charge in [-0.05, 0) is 0 Å². The highest BCUT2D eigenvalue weighted by molar-refractivity contribution is 7.15. The van der Waals surface area contributed by atoms with Crippen molar-refractivity contribution >= 4 is 27.9 Å². The Morgan fingerprint density at radius 3 is 3.25 bits per heavy atom. The van der Waals surface area contributed by atoms with Crippen molar-refractivity contribution in [2.45, 2.75) is 0 Å². The zero-order chi connectivity index (χ0) is 11.0. The third-order valence-electron chi connectivity index (χ3n) is 2.14. The Morgan fingerprint density at radius 1 is 1.50 bits per heavy atom. The highest BCUT2D eigenvalue weighted by atomic mass is 32.1. The van der Waals surface area contributed by atoms with Gasteiger partial charge in [0.1, 0.15) is 5.69 Å². The number of aromatic amines is 1. The fourth-order valence-electron chi connectivity index (χ4n) is 1.41. The maximum Gasteiger partial charge on any atom is 0.274 e. The van der Waals surface area contributed by atoms with Crippen LogP contribution < -0.4 is 5.32 Å². The molecule has 0 aliphatic rings. The smallest absolute Gasteiger partial charge is 0.274 e. The molecule has 2 N–H and O–H groups in total. The van der Waals surface area contributed by atoms with Crippen molar-refractivity contribution < 1.29 is 4.79 Å². The second-order valence-corrected chi connectivity index (χ2v) is 4.01.